The summed E-state index contributed by atoms with van der Waals surface area (Å²) in [5.41, 5.74) is 0.493. The summed E-state index contributed by atoms with van der Waals surface area (Å²) in [6.45, 7) is 2.96. The highest BCUT2D eigenvalue weighted by Crippen LogP contribution is 2.32. The van der Waals surface area contributed by atoms with Gasteiger partial charge in [-0.25, -0.2) is 5.11 Å². The van der Waals surface area contributed by atoms with E-state index in [9.17, 15) is 5.11 Å². The summed E-state index contributed by atoms with van der Waals surface area (Å²) < 4.78 is 0. The Balaban J connectivity index is 2.19. The Labute approximate surface area is 84.2 Å². The summed E-state index contributed by atoms with van der Waals surface area (Å²) in [6.07, 6.45) is 4.70. The molecule has 1 saturated heterocycles. The Morgan fingerprint density at radius 2 is 2.50 bits per heavy atom. The molecule has 0 spiro atoms. The van der Waals surface area contributed by atoms with Crippen LogP contribution in [0.2, 0.25) is 0 Å². The van der Waals surface area contributed by atoms with Crippen LogP contribution in [0.5, 0.6) is 0 Å². The van der Waals surface area contributed by atoms with Gasteiger partial charge in [-0.2, -0.15) is 0 Å². The Morgan fingerprint density at radius 1 is 1.64 bits per heavy atom. The van der Waals surface area contributed by atoms with Gasteiger partial charge in [0.1, 0.15) is 6.10 Å². The largest absolute Gasteiger partial charge is 0.309 e. The fourth-order valence-corrected chi connectivity index (χ4v) is 2.04. The molecule has 1 aliphatic heterocycles. The summed E-state index contributed by atoms with van der Waals surface area (Å²) >= 11 is 0. The van der Waals surface area contributed by atoms with Crippen LogP contribution < -0.4 is 5.32 Å². The maximum atomic E-state index is 12.1. The molecule has 0 amide bonds. The van der Waals surface area contributed by atoms with Gasteiger partial charge in [0.05, 0.1) is 0 Å². The number of hydrogen-bond acceptors (Lipinski definition) is 2. The molecule has 1 radical (unpaired) electrons. The molecule has 75 valence electrons. The van der Waals surface area contributed by atoms with Crippen LogP contribution in [0.3, 0.4) is 0 Å². The molecule has 1 unspecified atom stereocenters. The molecule has 0 aromatic carbocycles. The summed E-state index contributed by atoms with van der Waals surface area (Å²) in [5.74, 6) is 0. The van der Waals surface area contributed by atoms with Gasteiger partial charge in [0, 0.05) is 23.5 Å². The molecular weight excluding hydrogens is 176 g/mol. The lowest BCUT2D eigenvalue weighted by Gasteiger charge is -2.28. The van der Waals surface area contributed by atoms with E-state index in [0.717, 1.165) is 24.9 Å². The van der Waals surface area contributed by atoms with Crippen LogP contribution in [-0.2, 0) is 5.11 Å². The predicted molar refractivity (Wildman–Crippen MR) is 53.3 cm³/mol. The fraction of sp³-hybridized carbons (Fsp3) is 0.545. The minimum absolute atomic E-state index is 0.289. The van der Waals surface area contributed by atoms with E-state index in [1.54, 1.807) is 12.4 Å². The third-order valence-electron chi connectivity index (χ3n) is 2.97. The van der Waals surface area contributed by atoms with Crippen LogP contribution in [0.1, 0.15) is 31.4 Å². The summed E-state index contributed by atoms with van der Waals surface area (Å²) in [6, 6.07) is 3.68. The predicted octanol–water partition coefficient (Wildman–Crippen LogP) is 1.70. The quantitative estimate of drug-likeness (QED) is 0.773. The molecule has 1 aromatic rings. The summed E-state index contributed by atoms with van der Waals surface area (Å²) in [5, 5.41) is 15.4. The first kappa shape index (κ1) is 9.62. The lowest BCUT2D eigenvalue weighted by molar-refractivity contribution is 0.0154. The van der Waals surface area contributed by atoms with Gasteiger partial charge in [-0.3, -0.25) is 4.98 Å². The standard InChI is InChI=1S/C11H15N2O/c1-11(5-3-7-13-11)10(14)9-4-2-6-12-8-9/h2,4,6,8,10,13H,3,5,7H2,1H3/t10?,11-/m1/s1. The summed E-state index contributed by atoms with van der Waals surface area (Å²) in [7, 11) is 0. The van der Waals surface area contributed by atoms with Crippen molar-refractivity contribution in [2.45, 2.75) is 31.4 Å². The van der Waals surface area contributed by atoms with E-state index < -0.39 is 6.10 Å². The highest BCUT2D eigenvalue weighted by Gasteiger charge is 2.37. The van der Waals surface area contributed by atoms with E-state index in [1.165, 1.54) is 0 Å². The average Bonchev–Trinajstić information content (AvgIpc) is 2.67. The highest BCUT2D eigenvalue weighted by atomic mass is 16.3. The Hall–Kier alpha value is -0.930. The fourth-order valence-electron chi connectivity index (χ4n) is 2.04. The maximum Gasteiger partial charge on any atom is 0.137 e. The van der Waals surface area contributed by atoms with E-state index in [2.05, 4.69) is 10.3 Å². The Morgan fingerprint density at radius 3 is 3.07 bits per heavy atom. The topological polar surface area (TPSA) is 44.8 Å². The zero-order chi connectivity index (χ0) is 10.0. The molecule has 3 heteroatoms. The molecule has 2 atom stereocenters. The first-order chi connectivity index (χ1) is 6.72. The maximum absolute atomic E-state index is 12.1. The van der Waals surface area contributed by atoms with Gasteiger partial charge in [0.25, 0.3) is 0 Å². The van der Waals surface area contributed by atoms with Crippen molar-refractivity contribution in [2.75, 3.05) is 6.54 Å². The number of hydrogen-bond donors (Lipinski definition) is 1. The van der Waals surface area contributed by atoms with Crippen LogP contribution >= 0.6 is 0 Å². The number of nitrogens with one attached hydrogen (secondary N) is 1. The van der Waals surface area contributed by atoms with E-state index >= 15 is 0 Å². The van der Waals surface area contributed by atoms with Crippen LogP contribution in [0, 0.1) is 0 Å². The first-order valence-electron chi connectivity index (χ1n) is 5.03. The zero-order valence-electron chi connectivity index (χ0n) is 8.36. The molecule has 1 fully saturated rings. The number of aromatic nitrogens is 1. The lowest BCUT2D eigenvalue weighted by Crippen LogP contribution is -2.41. The molecule has 0 aliphatic carbocycles. The van der Waals surface area contributed by atoms with E-state index in [1.807, 2.05) is 19.1 Å². The van der Waals surface area contributed by atoms with Gasteiger partial charge in [-0.05, 0) is 32.4 Å². The first-order valence-corrected chi connectivity index (χ1v) is 5.03. The SMILES string of the molecule is C[C@]1(C([O])c2cccnc2)CCCN1. The van der Waals surface area contributed by atoms with Gasteiger partial charge in [-0.1, -0.05) is 6.07 Å². The number of rotatable bonds is 2. The van der Waals surface area contributed by atoms with Crippen molar-refractivity contribution in [3.63, 3.8) is 0 Å². The van der Waals surface area contributed by atoms with E-state index in [4.69, 9.17) is 0 Å². The van der Waals surface area contributed by atoms with Gasteiger partial charge >= 0.3 is 0 Å². The van der Waals surface area contributed by atoms with Crippen molar-refractivity contribution in [3.05, 3.63) is 30.1 Å². The number of pyridine rings is 1. The molecule has 1 aliphatic rings. The Kier molecular flexibility index (Phi) is 2.52. The van der Waals surface area contributed by atoms with Crippen LogP contribution in [0.4, 0.5) is 0 Å². The average molecular weight is 191 g/mol. The zero-order valence-corrected chi connectivity index (χ0v) is 8.36. The molecule has 1 aromatic heterocycles. The molecule has 0 bridgehead atoms. The smallest absolute Gasteiger partial charge is 0.137 e. The van der Waals surface area contributed by atoms with Crippen molar-refractivity contribution < 1.29 is 5.11 Å². The third-order valence-corrected chi connectivity index (χ3v) is 2.97. The van der Waals surface area contributed by atoms with Crippen molar-refractivity contribution in [2.24, 2.45) is 0 Å². The van der Waals surface area contributed by atoms with Crippen LogP contribution in [-0.4, -0.2) is 17.1 Å². The second kappa shape index (κ2) is 3.67. The second-order valence-electron chi connectivity index (χ2n) is 4.11. The van der Waals surface area contributed by atoms with Gasteiger partial charge < -0.3 is 5.32 Å². The monoisotopic (exact) mass is 191 g/mol. The molecule has 2 heterocycles. The van der Waals surface area contributed by atoms with Crippen LogP contribution in [0.25, 0.3) is 0 Å². The lowest BCUT2D eigenvalue weighted by atomic mass is 9.89. The highest BCUT2D eigenvalue weighted by molar-refractivity contribution is 5.17. The molecule has 2 rings (SSSR count). The van der Waals surface area contributed by atoms with Crippen LogP contribution in [0.15, 0.2) is 24.5 Å². The molecule has 3 nitrogen and oxygen atoms in total. The van der Waals surface area contributed by atoms with Gasteiger partial charge in [0.15, 0.2) is 0 Å². The molecular formula is C11H15N2O. The van der Waals surface area contributed by atoms with Crippen molar-refractivity contribution >= 4 is 0 Å². The van der Waals surface area contributed by atoms with Crippen molar-refractivity contribution in [1.82, 2.24) is 10.3 Å². The minimum Gasteiger partial charge on any atom is -0.309 e. The Bertz CT molecular complexity index is 293. The van der Waals surface area contributed by atoms with Crippen molar-refractivity contribution in [1.29, 1.82) is 0 Å². The normalized spacial score (nSPS) is 29.0. The number of nitrogens with zero attached hydrogens (tertiary/aromatic N) is 1. The van der Waals surface area contributed by atoms with Gasteiger partial charge in [-0.15, -0.1) is 0 Å². The van der Waals surface area contributed by atoms with E-state index in [0.29, 0.717) is 0 Å². The second-order valence-corrected chi connectivity index (χ2v) is 4.11. The third kappa shape index (κ3) is 1.65. The molecule has 0 saturated carbocycles. The molecule has 14 heavy (non-hydrogen) atoms. The summed E-state index contributed by atoms with van der Waals surface area (Å²) in [4.78, 5) is 3.98. The van der Waals surface area contributed by atoms with E-state index in [-0.39, 0.29) is 5.54 Å². The molecule has 1 N–H and O–H groups in total. The van der Waals surface area contributed by atoms with Gasteiger partial charge in [0.2, 0.25) is 0 Å². The minimum atomic E-state index is -0.710. The van der Waals surface area contributed by atoms with Crippen molar-refractivity contribution in [3.8, 4) is 0 Å².